The van der Waals surface area contributed by atoms with Crippen molar-refractivity contribution >= 4 is 40.6 Å². The lowest BCUT2D eigenvalue weighted by Crippen LogP contribution is -2.33. The van der Waals surface area contributed by atoms with Crippen LogP contribution in [0, 0.1) is 49.3 Å². The van der Waals surface area contributed by atoms with Gasteiger partial charge in [0.1, 0.15) is 5.69 Å². The highest BCUT2D eigenvalue weighted by Gasteiger charge is 2.23. The Morgan fingerprint density at radius 2 is 1.17 bits per heavy atom. The Bertz CT molecular complexity index is 1590. The second-order valence-electron chi connectivity index (χ2n) is 5.54. The van der Waals surface area contributed by atoms with Gasteiger partial charge in [0.2, 0.25) is 0 Å². The SMILES string of the molecule is O=[N+]([O-])c1cc(F)c(F)c(F)c1.[2H]C1([2H])NC([2H])([2H])C([2H])([2H])SC1([2H])[2H].[2H]C1([2H])SC([2H])([2H])C([2H])([2H])N(c2c(F)cc([N+](=O)[O-])cc2F)C1([2H])[2H]. The van der Waals surface area contributed by atoms with Gasteiger partial charge >= 0.3 is 0 Å². The molecule has 192 valence electrons. The van der Waals surface area contributed by atoms with Crippen LogP contribution in [0.3, 0.4) is 0 Å². The van der Waals surface area contributed by atoms with Gasteiger partial charge in [-0.05, 0) is 0 Å². The maximum absolute atomic E-state index is 14.3. The number of non-ortho nitro benzene ring substituents is 2. The molecule has 0 atom stereocenters. The molecule has 35 heavy (non-hydrogen) atoms. The van der Waals surface area contributed by atoms with E-state index in [0.717, 1.165) is 0 Å². The lowest BCUT2D eigenvalue weighted by atomic mass is 10.2. The molecular weight excluding hydrogens is 519 g/mol. The first-order valence-corrected chi connectivity index (χ1v) is 10.1. The van der Waals surface area contributed by atoms with Gasteiger partial charge in [-0.2, -0.15) is 23.5 Å². The molecule has 0 radical (unpaired) electrons. The topological polar surface area (TPSA) is 102 Å². The van der Waals surface area contributed by atoms with Gasteiger partial charge in [-0.1, -0.05) is 0 Å². The molecule has 2 aliphatic rings. The van der Waals surface area contributed by atoms with Gasteiger partial charge < -0.3 is 10.2 Å². The van der Waals surface area contributed by atoms with E-state index in [4.69, 9.17) is 21.9 Å². The van der Waals surface area contributed by atoms with Crippen LogP contribution < -0.4 is 10.2 Å². The first-order valence-electron chi connectivity index (χ1n) is 16.4. The molecule has 0 saturated carbocycles. The van der Waals surface area contributed by atoms with E-state index in [1.165, 1.54) is 0 Å². The molecule has 2 saturated heterocycles. The van der Waals surface area contributed by atoms with Gasteiger partial charge in [-0.3, -0.25) is 20.2 Å². The number of nitrogens with one attached hydrogen (secondary N) is 1. The van der Waals surface area contributed by atoms with Crippen molar-refractivity contribution in [3.05, 3.63) is 73.6 Å². The third kappa shape index (κ3) is 8.81. The van der Waals surface area contributed by atoms with Gasteiger partial charge in [0.05, 0.1) is 39.6 Å². The highest BCUT2D eigenvalue weighted by atomic mass is 32.2. The van der Waals surface area contributed by atoms with Gasteiger partial charge in [-0.15, -0.1) is 0 Å². The lowest BCUT2D eigenvalue weighted by molar-refractivity contribution is -0.385. The second kappa shape index (κ2) is 14.0. The van der Waals surface area contributed by atoms with Crippen molar-refractivity contribution in [3.63, 3.8) is 0 Å². The zero-order valence-electron chi connectivity index (χ0n) is 32.5. The zero-order chi connectivity index (χ0) is 40.3. The maximum Gasteiger partial charge on any atom is 0.275 e. The molecule has 0 aliphatic carbocycles. The van der Waals surface area contributed by atoms with E-state index in [0.29, 0.717) is 12.1 Å². The van der Waals surface area contributed by atoms with Crippen molar-refractivity contribution in [1.29, 1.82) is 0 Å². The standard InChI is InChI=1S/C10H10F2N2O2S.C6H2F3NO2.C4H9NS/c11-8-5-7(14(15)16)6-9(12)10(8)13-1-3-17-4-2-13;7-4-1-3(10(11)12)2-5(8)6(4)9;1-3-6-4-2-5-1/h5-6H,1-4H2;1-2H;5H,1-4H2/i1D2,2D2,3D2,4D2;;1D2,2D2,3D2,4D2. The number of anilines is 1. The van der Waals surface area contributed by atoms with Crippen LogP contribution in [-0.2, 0) is 0 Å². The third-order valence-electron chi connectivity index (χ3n) is 3.36. The number of nitro benzene ring substituents is 2. The first kappa shape index (κ1) is 13.1. The summed E-state index contributed by atoms with van der Waals surface area (Å²) in [6.07, 6.45) is 0. The Morgan fingerprint density at radius 3 is 1.57 bits per heavy atom. The van der Waals surface area contributed by atoms with Crippen molar-refractivity contribution < 1.29 is 53.7 Å². The Hall–Kier alpha value is -2.65. The van der Waals surface area contributed by atoms with Crippen molar-refractivity contribution in [2.45, 2.75) is 0 Å². The van der Waals surface area contributed by atoms with Gasteiger partial charge in [0.25, 0.3) is 11.4 Å². The molecule has 0 amide bonds. The van der Waals surface area contributed by atoms with Gasteiger partial charge in [0, 0.05) is 65.3 Å². The maximum atomic E-state index is 14.3. The van der Waals surface area contributed by atoms with E-state index < -0.39 is 105 Å². The molecule has 2 heterocycles. The minimum Gasteiger partial charge on any atom is -0.365 e. The molecule has 2 fully saturated rings. The van der Waals surface area contributed by atoms with Crippen molar-refractivity contribution in [2.75, 3.05) is 53.7 Å². The first-order chi connectivity index (χ1) is 22.5. The van der Waals surface area contributed by atoms with E-state index in [9.17, 15) is 42.2 Å². The van der Waals surface area contributed by atoms with Crippen LogP contribution in [-0.4, -0.2) is 58.7 Å². The van der Waals surface area contributed by atoms with Crippen LogP contribution >= 0.6 is 23.5 Å². The summed E-state index contributed by atoms with van der Waals surface area (Å²) < 4.78 is 185. The monoisotopic (exact) mass is 556 g/mol. The number of benzene rings is 2. The smallest absolute Gasteiger partial charge is 0.275 e. The number of hydrogen-bond acceptors (Lipinski definition) is 8. The van der Waals surface area contributed by atoms with Crippen LogP contribution in [0.1, 0.15) is 21.9 Å². The highest BCUT2D eigenvalue weighted by Crippen LogP contribution is 2.29. The van der Waals surface area contributed by atoms with Crippen molar-refractivity contribution in [1.82, 2.24) is 5.32 Å². The average Bonchev–Trinajstić information content (AvgIpc) is 2.90. The van der Waals surface area contributed by atoms with E-state index in [1.54, 1.807) is 5.32 Å². The molecule has 0 spiro atoms. The second-order valence-corrected chi connectivity index (χ2v) is 6.77. The normalized spacial score (nSPS) is 33.6. The average molecular weight is 557 g/mol. The van der Waals surface area contributed by atoms with Gasteiger partial charge in [0.15, 0.2) is 29.1 Å². The molecule has 2 aliphatic heterocycles. The molecular formula is C20H21F5N4O4S2. The highest BCUT2D eigenvalue weighted by molar-refractivity contribution is 7.99. The van der Waals surface area contributed by atoms with Crippen LogP contribution in [0.25, 0.3) is 0 Å². The molecule has 8 nitrogen and oxygen atoms in total. The Kier molecular flexibility index (Phi) is 5.24. The summed E-state index contributed by atoms with van der Waals surface area (Å²) in [5.41, 5.74) is -14.5. The van der Waals surface area contributed by atoms with Crippen LogP contribution in [0.4, 0.5) is 39.0 Å². The Labute approximate surface area is 228 Å². The van der Waals surface area contributed by atoms with Crippen molar-refractivity contribution in [2.24, 2.45) is 0 Å². The summed E-state index contributed by atoms with van der Waals surface area (Å²) in [6.45, 7) is -12.0. The fraction of sp³-hybridized carbons (Fsp3) is 0.400. The van der Waals surface area contributed by atoms with E-state index in [-0.39, 0.29) is 40.6 Å². The molecule has 2 aromatic carbocycles. The van der Waals surface area contributed by atoms with E-state index >= 15 is 0 Å². The van der Waals surface area contributed by atoms with E-state index in [1.807, 2.05) is 0 Å². The summed E-state index contributed by atoms with van der Waals surface area (Å²) in [6, 6.07) is 1.08. The fourth-order valence-electron chi connectivity index (χ4n) is 1.98. The number of hydrogen-bond donors (Lipinski definition) is 1. The largest absolute Gasteiger partial charge is 0.365 e. The number of nitrogens with zero attached hydrogens (tertiary/aromatic N) is 3. The minimum atomic E-state index is -3.38. The summed E-state index contributed by atoms with van der Waals surface area (Å²) in [5, 5.41) is 22.3. The number of rotatable bonds is 3. The summed E-state index contributed by atoms with van der Waals surface area (Å²) in [4.78, 5) is 18.2. The van der Waals surface area contributed by atoms with Gasteiger partial charge in [-0.25, -0.2) is 22.0 Å². The van der Waals surface area contributed by atoms with E-state index in [2.05, 4.69) is 0 Å². The van der Waals surface area contributed by atoms with Crippen LogP contribution in [0.15, 0.2) is 24.3 Å². The quantitative estimate of drug-likeness (QED) is 0.250. The fourth-order valence-corrected chi connectivity index (χ4v) is 2.56. The number of nitro groups is 2. The molecule has 2 aromatic rings. The third-order valence-corrected chi connectivity index (χ3v) is 4.16. The Morgan fingerprint density at radius 1 is 0.771 bits per heavy atom. The summed E-state index contributed by atoms with van der Waals surface area (Å²) in [5.74, 6) is -8.29. The predicted octanol–water partition coefficient (Wildman–Crippen LogP) is 4.76. The summed E-state index contributed by atoms with van der Waals surface area (Å²) >= 11 is -0.286. The van der Waals surface area contributed by atoms with Crippen LogP contribution in [0.2, 0.25) is 0 Å². The number of thioether (sulfide) groups is 2. The molecule has 0 bridgehead atoms. The number of halogens is 5. The molecule has 1 N–H and O–H groups in total. The zero-order valence-corrected chi connectivity index (χ0v) is 18.1. The minimum absolute atomic E-state index is 0.0139. The summed E-state index contributed by atoms with van der Waals surface area (Å²) in [7, 11) is 0. The molecule has 0 aromatic heterocycles. The van der Waals surface area contributed by atoms with Crippen LogP contribution in [0.5, 0.6) is 0 Å². The van der Waals surface area contributed by atoms with Crippen molar-refractivity contribution in [3.8, 4) is 0 Å². The predicted molar refractivity (Wildman–Crippen MR) is 126 cm³/mol. The molecule has 4 rings (SSSR count). The Balaban J connectivity index is 0.000000292. The lowest BCUT2D eigenvalue weighted by Gasteiger charge is -2.28. The molecule has 15 heteroatoms. The molecule has 0 unspecified atom stereocenters.